The van der Waals surface area contributed by atoms with Crippen LogP contribution in [0.15, 0.2) is 53.3 Å². The Hall–Kier alpha value is -4.54. The van der Waals surface area contributed by atoms with Crippen molar-refractivity contribution >= 4 is 23.3 Å². The van der Waals surface area contributed by atoms with Crippen molar-refractivity contribution in [3.63, 3.8) is 0 Å². The Balaban J connectivity index is 1.51. The molecule has 0 fully saturated rings. The lowest BCUT2D eigenvalue weighted by Crippen LogP contribution is -2.33. The molecule has 5 rings (SSSR count). The fourth-order valence-corrected chi connectivity index (χ4v) is 4.22. The monoisotopic (exact) mass is 496 g/mol. The van der Waals surface area contributed by atoms with Crippen LogP contribution >= 0.6 is 0 Å². The minimum absolute atomic E-state index is 0.0743. The molecular formula is C25H24N2O9. The van der Waals surface area contributed by atoms with Crippen LogP contribution in [-0.2, 0) is 19.1 Å². The third-order valence-electron chi connectivity index (χ3n) is 5.94. The number of hydrogen-bond donors (Lipinski definition) is 2. The molecule has 2 aliphatic heterocycles. The number of anilines is 2. The molecule has 1 unspecified atom stereocenters. The van der Waals surface area contributed by atoms with Crippen molar-refractivity contribution < 1.29 is 42.7 Å². The van der Waals surface area contributed by atoms with E-state index in [4.69, 9.17) is 33.2 Å². The van der Waals surface area contributed by atoms with Crippen LogP contribution in [0, 0.1) is 0 Å². The zero-order valence-electron chi connectivity index (χ0n) is 19.8. The first-order valence-electron chi connectivity index (χ1n) is 11.0. The van der Waals surface area contributed by atoms with Gasteiger partial charge in [0.15, 0.2) is 23.0 Å². The van der Waals surface area contributed by atoms with Gasteiger partial charge in [-0.1, -0.05) is 0 Å². The maximum Gasteiger partial charge on any atom is 0.335 e. The van der Waals surface area contributed by atoms with E-state index < -0.39 is 18.0 Å². The number of rotatable bonds is 7. The van der Waals surface area contributed by atoms with Crippen molar-refractivity contribution in [3.05, 3.63) is 53.3 Å². The topological polar surface area (TPSA) is 123 Å². The van der Waals surface area contributed by atoms with E-state index in [1.807, 2.05) is 0 Å². The average Bonchev–Trinajstić information content (AvgIpc) is 3.57. The first kappa shape index (κ1) is 23.2. The largest absolute Gasteiger partial charge is 0.491 e. The highest BCUT2D eigenvalue weighted by molar-refractivity contribution is 5.97. The molecule has 0 radical (unpaired) electrons. The number of carbonyl (C=O) groups is 2. The van der Waals surface area contributed by atoms with Crippen molar-refractivity contribution in [3.8, 4) is 28.7 Å². The lowest BCUT2D eigenvalue weighted by molar-refractivity contribution is -0.138. The van der Waals surface area contributed by atoms with Gasteiger partial charge in [-0.3, -0.25) is 0 Å². The van der Waals surface area contributed by atoms with Gasteiger partial charge in [0.25, 0.3) is 0 Å². The summed E-state index contributed by atoms with van der Waals surface area (Å²) in [6.07, 6.45) is 1.70. The summed E-state index contributed by atoms with van der Waals surface area (Å²) in [4.78, 5) is 25.6. The summed E-state index contributed by atoms with van der Waals surface area (Å²) in [5.74, 6) is 1.51. The van der Waals surface area contributed by atoms with Crippen LogP contribution in [0.25, 0.3) is 0 Å². The van der Waals surface area contributed by atoms with Gasteiger partial charge in [-0.2, -0.15) is 0 Å². The second-order valence-corrected chi connectivity index (χ2v) is 7.95. The smallest absolute Gasteiger partial charge is 0.335 e. The quantitative estimate of drug-likeness (QED) is 0.550. The molecule has 3 aliphatic rings. The summed E-state index contributed by atoms with van der Waals surface area (Å²) in [6.45, 7) is 0.216. The molecule has 2 aromatic rings. The SMILES string of the molecule is COC(=O)C1=CC(Nc2ccc3c(c2OC)OCO3)=C(C(=O)OC)CC1Nc1ccc2c(c1)OCO2. The Kier molecular flexibility index (Phi) is 6.19. The lowest BCUT2D eigenvalue weighted by atomic mass is 9.90. The van der Waals surface area contributed by atoms with Crippen LogP contribution in [-0.4, -0.2) is 52.9 Å². The van der Waals surface area contributed by atoms with Gasteiger partial charge < -0.3 is 43.8 Å². The molecule has 11 nitrogen and oxygen atoms in total. The molecular weight excluding hydrogens is 472 g/mol. The molecule has 0 aromatic heterocycles. The van der Waals surface area contributed by atoms with Gasteiger partial charge in [0, 0.05) is 23.9 Å². The van der Waals surface area contributed by atoms with Crippen LogP contribution in [0.4, 0.5) is 11.4 Å². The summed E-state index contributed by atoms with van der Waals surface area (Å²) in [5, 5.41) is 6.48. The predicted octanol–water partition coefficient (Wildman–Crippen LogP) is 2.98. The van der Waals surface area contributed by atoms with Crippen LogP contribution < -0.4 is 34.3 Å². The molecule has 0 saturated carbocycles. The normalized spacial score (nSPS) is 17.3. The molecule has 2 N–H and O–H groups in total. The molecule has 11 heteroatoms. The van der Waals surface area contributed by atoms with E-state index in [0.29, 0.717) is 57.0 Å². The molecule has 1 atom stereocenters. The number of allylic oxidation sites excluding steroid dienone is 1. The van der Waals surface area contributed by atoms with Gasteiger partial charge in [0.05, 0.1) is 44.2 Å². The minimum atomic E-state index is -0.587. The molecule has 188 valence electrons. The van der Waals surface area contributed by atoms with Gasteiger partial charge in [-0.25, -0.2) is 9.59 Å². The zero-order valence-corrected chi connectivity index (χ0v) is 19.8. The number of carbonyl (C=O) groups excluding carboxylic acids is 2. The van der Waals surface area contributed by atoms with Gasteiger partial charge in [0.2, 0.25) is 19.3 Å². The molecule has 0 spiro atoms. The van der Waals surface area contributed by atoms with Crippen LogP contribution in [0.2, 0.25) is 0 Å². The van der Waals surface area contributed by atoms with Crippen molar-refractivity contribution in [2.45, 2.75) is 12.5 Å². The van der Waals surface area contributed by atoms with Crippen molar-refractivity contribution in [2.24, 2.45) is 0 Å². The van der Waals surface area contributed by atoms with Gasteiger partial charge >= 0.3 is 11.9 Å². The minimum Gasteiger partial charge on any atom is -0.491 e. The zero-order chi connectivity index (χ0) is 25.2. The Morgan fingerprint density at radius 2 is 1.61 bits per heavy atom. The Morgan fingerprint density at radius 1 is 0.889 bits per heavy atom. The van der Waals surface area contributed by atoms with E-state index in [1.54, 1.807) is 36.4 Å². The highest BCUT2D eigenvalue weighted by atomic mass is 16.7. The molecule has 36 heavy (non-hydrogen) atoms. The number of benzene rings is 2. The number of nitrogens with one attached hydrogen (secondary N) is 2. The van der Waals surface area contributed by atoms with Crippen molar-refractivity contribution in [1.29, 1.82) is 0 Å². The number of fused-ring (bicyclic) bond motifs is 2. The Bertz CT molecular complexity index is 1280. The third-order valence-corrected chi connectivity index (χ3v) is 5.94. The summed E-state index contributed by atoms with van der Waals surface area (Å²) >= 11 is 0. The maximum atomic E-state index is 12.8. The van der Waals surface area contributed by atoms with E-state index in [9.17, 15) is 9.59 Å². The standard InChI is InChI=1S/C25H24N2O9/c1-30-22-16(5-7-20-23(22)36-12-34-20)27-18-10-14(24(28)31-2)17(9-15(18)25(29)32-3)26-13-4-6-19-21(8-13)35-11-33-19/h4-8,10,17,26-27H,9,11-12H2,1-3H3. The molecule has 1 aliphatic carbocycles. The fraction of sp³-hybridized carbons (Fsp3) is 0.280. The van der Waals surface area contributed by atoms with E-state index in [-0.39, 0.29) is 20.0 Å². The molecule has 0 amide bonds. The molecule has 0 saturated heterocycles. The highest BCUT2D eigenvalue weighted by Crippen LogP contribution is 2.46. The van der Waals surface area contributed by atoms with Crippen LogP contribution in [0.1, 0.15) is 6.42 Å². The lowest BCUT2D eigenvalue weighted by Gasteiger charge is -2.28. The highest BCUT2D eigenvalue weighted by Gasteiger charge is 2.33. The summed E-state index contributed by atoms with van der Waals surface area (Å²) in [6, 6.07) is 8.21. The second kappa shape index (κ2) is 9.61. The molecule has 0 bridgehead atoms. The Morgan fingerprint density at radius 3 is 2.39 bits per heavy atom. The number of ether oxygens (including phenoxy) is 7. The van der Waals surface area contributed by atoms with E-state index in [1.165, 1.54) is 21.3 Å². The van der Waals surface area contributed by atoms with Crippen LogP contribution in [0.5, 0.6) is 28.7 Å². The van der Waals surface area contributed by atoms with Crippen LogP contribution in [0.3, 0.4) is 0 Å². The summed E-state index contributed by atoms with van der Waals surface area (Å²) in [5.41, 5.74) is 2.19. The van der Waals surface area contributed by atoms with Gasteiger partial charge in [-0.05, 0) is 30.3 Å². The summed E-state index contributed by atoms with van der Waals surface area (Å²) < 4.78 is 37.4. The van der Waals surface area contributed by atoms with Gasteiger partial charge in [0.1, 0.15) is 0 Å². The van der Waals surface area contributed by atoms with Crippen molar-refractivity contribution in [2.75, 3.05) is 45.5 Å². The fourth-order valence-electron chi connectivity index (χ4n) is 4.22. The average molecular weight is 496 g/mol. The molecule has 2 heterocycles. The van der Waals surface area contributed by atoms with E-state index in [0.717, 1.165) is 0 Å². The number of methoxy groups -OCH3 is 3. The maximum absolute atomic E-state index is 12.8. The van der Waals surface area contributed by atoms with Crippen molar-refractivity contribution in [1.82, 2.24) is 0 Å². The van der Waals surface area contributed by atoms with E-state index in [2.05, 4.69) is 10.6 Å². The Labute approximate surface area is 206 Å². The first-order valence-corrected chi connectivity index (χ1v) is 11.0. The summed E-state index contributed by atoms with van der Waals surface area (Å²) in [7, 11) is 4.10. The van der Waals surface area contributed by atoms with E-state index >= 15 is 0 Å². The number of hydrogen-bond acceptors (Lipinski definition) is 11. The predicted molar refractivity (Wildman–Crippen MR) is 126 cm³/mol. The van der Waals surface area contributed by atoms with Gasteiger partial charge in [-0.15, -0.1) is 0 Å². The number of esters is 2. The third kappa shape index (κ3) is 4.19. The first-order chi connectivity index (χ1) is 17.5. The molecule has 2 aromatic carbocycles. The second-order valence-electron chi connectivity index (χ2n) is 7.95.